The van der Waals surface area contributed by atoms with E-state index in [2.05, 4.69) is 37.7 Å². The Bertz CT molecular complexity index is 722. The van der Waals surface area contributed by atoms with Crippen molar-refractivity contribution in [3.63, 3.8) is 0 Å². The fraction of sp³-hybridized carbons (Fsp3) is 0.500. The Labute approximate surface area is 141 Å². The lowest BCUT2D eigenvalue weighted by atomic mass is 10.2. The van der Waals surface area contributed by atoms with Crippen LogP contribution in [-0.4, -0.2) is 31.9 Å². The smallest absolute Gasteiger partial charge is 0.223 e. The van der Waals surface area contributed by atoms with Crippen LogP contribution >= 0.6 is 0 Å². The highest BCUT2D eigenvalue weighted by molar-refractivity contribution is 5.80. The molecule has 0 radical (unpaired) electrons. The van der Waals surface area contributed by atoms with Crippen LogP contribution in [0.1, 0.15) is 43.0 Å². The molecule has 1 atom stereocenters. The molecule has 1 saturated carbocycles. The summed E-state index contributed by atoms with van der Waals surface area (Å²) in [6.45, 7) is 5.47. The van der Waals surface area contributed by atoms with Gasteiger partial charge in [-0.15, -0.1) is 0 Å². The van der Waals surface area contributed by atoms with E-state index in [1.165, 1.54) is 0 Å². The zero-order chi connectivity index (χ0) is 16.5. The van der Waals surface area contributed by atoms with Crippen molar-refractivity contribution in [3.8, 4) is 0 Å². The molecule has 6 nitrogen and oxygen atoms in total. The Morgan fingerprint density at radius 3 is 2.92 bits per heavy atom. The summed E-state index contributed by atoms with van der Waals surface area (Å²) in [4.78, 5) is 23.3. The number of rotatable bonds is 5. The van der Waals surface area contributed by atoms with Gasteiger partial charge in [-0.25, -0.2) is 4.98 Å². The molecule has 1 aliphatic carbocycles. The van der Waals surface area contributed by atoms with Crippen LogP contribution in [0.5, 0.6) is 0 Å². The van der Waals surface area contributed by atoms with E-state index in [4.69, 9.17) is 0 Å². The van der Waals surface area contributed by atoms with Crippen LogP contribution in [0.15, 0.2) is 30.6 Å². The van der Waals surface area contributed by atoms with Crippen LogP contribution in [0.3, 0.4) is 0 Å². The number of imidazole rings is 1. The third kappa shape index (κ3) is 3.06. The molecule has 0 spiro atoms. The molecular weight excluding hydrogens is 302 g/mol. The van der Waals surface area contributed by atoms with Gasteiger partial charge in [-0.1, -0.05) is 6.07 Å². The lowest BCUT2D eigenvalue weighted by molar-refractivity contribution is -0.122. The first-order valence-corrected chi connectivity index (χ1v) is 8.68. The zero-order valence-electron chi connectivity index (χ0n) is 14.0. The molecule has 24 heavy (non-hydrogen) atoms. The topological polar surface area (TPSA) is 63.1 Å². The van der Waals surface area contributed by atoms with Crippen molar-refractivity contribution in [2.45, 2.75) is 45.4 Å². The van der Waals surface area contributed by atoms with Gasteiger partial charge in [-0.05, 0) is 31.9 Å². The second-order valence-corrected chi connectivity index (χ2v) is 6.72. The summed E-state index contributed by atoms with van der Waals surface area (Å²) in [7, 11) is 0. The summed E-state index contributed by atoms with van der Waals surface area (Å²) < 4.78 is 2.26. The van der Waals surface area contributed by atoms with Gasteiger partial charge in [-0.3, -0.25) is 14.7 Å². The molecule has 0 saturated heterocycles. The monoisotopic (exact) mass is 325 g/mol. The maximum absolute atomic E-state index is 11.8. The van der Waals surface area contributed by atoms with Crippen molar-refractivity contribution in [1.82, 2.24) is 24.8 Å². The Kier molecular flexibility index (Phi) is 4.06. The number of carbonyl (C=O) groups is 1. The van der Waals surface area contributed by atoms with Crippen LogP contribution in [-0.2, 0) is 24.4 Å². The number of nitrogens with zero attached hydrogens (tertiary/aromatic N) is 4. The summed E-state index contributed by atoms with van der Waals surface area (Å²) in [5, 5.41) is 3.04. The molecule has 1 N–H and O–H groups in total. The van der Waals surface area contributed by atoms with E-state index in [0.29, 0.717) is 6.54 Å². The predicted octanol–water partition coefficient (Wildman–Crippen LogP) is 1.88. The molecule has 0 bridgehead atoms. The molecule has 2 aromatic heterocycles. The van der Waals surface area contributed by atoms with Crippen LogP contribution in [0.25, 0.3) is 0 Å². The Morgan fingerprint density at radius 2 is 2.17 bits per heavy atom. The molecule has 0 unspecified atom stereocenters. The SMILES string of the molecule is C[C@H]1c2ncc(CNC(=O)C3CC3)n2CCN1Cc1ccccn1. The van der Waals surface area contributed by atoms with Gasteiger partial charge in [0.1, 0.15) is 5.82 Å². The van der Waals surface area contributed by atoms with Gasteiger partial charge in [0.05, 0.1) is 30.2 Å². The maximum Gasteiger partial charge on any atom is 0.223 e. The number of pyridine rings is 1. The van der Waals surface area contributed by atoms with E-state index < -0.39 is 0 Å². The van der Waals surface area contributed by atoms with Gasteiger partial charge in [0.15, 0.2) is 0 Å². The first-order chi connectivity index (χ1) is 11.7. The van der Waals surface area contributed by atoms with Gasteiger partial charge in [-0.2, -0.15) is 0 Å². The van der Waals surface area contributed by atoms with Gasteiger partial charge in [0, 0.05) is 31.7 Å². The van der Waals surface area contributed by atoms with Crippen LogP contribution in [0.4, 0.5) is 0 Å². The van der Waals surface area contributed by atoms with E-state index in [-0.39, 0.29) is 17.9 Å². The molecule has 2 aromatic rings. The highest BCUT2D eigenvalue weighted by Crippen LogP contribution is 2.29. The average molecular weight is 325 g/mol. The van der Waals surface area contributed by atoms with Gasteiger partial charge in [0.25, 0.3) is 0 Å². The third-order valence-electron chi connectivity index (χ3n) is 4.98. The van der Waals surface area contributed by atoms with Crippen molar-refractivity contribution in [2.24, 2.45) is 5.92 Å². The van der Waals surface area contributed by atoms with Crippen LogP contribution in [0.2, 0.25) is 0 Å². The van der Waals surface area contributed by atoms with Crippen LogP contribution in [0, 0.1) is 5.92 Å². The third-order valence-corrected chi connectivity index (χ3v) is 4.98. The van der Waals surface area contributed by atoms with Gasteiger partial charge >= 0.3 is 0 Å². The minimum absolute atomic E-state index is 0.186. The van der Waals surface area contributed by atoms with Gasteiger partial charge < -0.3 is 9.88 Å². The molecule has 3 heterocycles. The normalized spacial score (nSPS) is 20.6. The second-order valence-electron chi connectivity index (χ2n) is 6.72. The van der Waals surface area contributed by atoms with E-state index in [1.807, 2.05) is 24.5 Å². The summed E-state index contributed by atoms with van der Waals surface area (Å²) in [6, 6.07) is 6.28. The molecule has 2 aliphatic rings. The number of carbonyl (C=O) groups excluding carboxylic acids is 1. The summed E-state index contributed by atoms with van der Waals surface area (Å²) in [5.74, 6) is 1.51. The fourth-order valence-corrected chi connectivity index (χ4v) is 3.33. The highest BCUT2D eigenvalue weighted by Gasteiger charge is 2.30. The number of fused-ring (bicyclic) bond motifs is 1. The minimum atomic E-state index is 0.186. The number of amides is 1. The van der Waals surface area contributed by atoms with E-state index >= 15 is 0 Å². The maximum atomic E-state index is 11.8. The highest BCUT2D eigenvalue weighted by atomic mass is 16.2. The van der Waals surface area contributed by atoms with Crippen molar-refractivity contribution >= 4 is 5.91 Å². The quantitative estimate of drug-likeness (QED) is 0.912. The average Bonchev–Trinajstić information content (AvgIpc) is 3.37. The first-order valence-electron chi connectivity index (χ1n) is 8.68. The summed E-state index contributed by atoms with van der Waals surface area (Å²) in [6.07, 6.45) is 5.82. The van der Waals surface area contributed by atoms with Crippen molar-refractivity contribution < 1.29 is 4.79 Å². The lowest BCUT2D eigenvalue weighted by Crippen LogP contribution is -2.37. The van der Waals surface area contributed by atoms with E-state index in [1.54, 1.807) is 0 Å². The van der Waals surface area contributed by atoms with Crippen molar-refractivity contribution in [1.29, 1.82) is 0 Å². The molecule has 1 amide bonds. The van der Waals surface area contributed by atoms with E-state index in [0.717, 1.165) is 49.7 Å². The number of nitrogens with one attached hydrogen (secondary N) is 1. The molecule has 0 aromatic carbocycles. The van der Waals surface area contributed by atoms with E-state index in [9.17, 15) is 4.79 Å². The Balaban J connectivity index is 1.43. The molecule has 1 fully saturated rings. The fourth-order valence-electron chi connectivity index (χ4n) is 3.33. The molecule has 1 aliphatic heterocycles. The molecule has 4 rings (SSSR count). The summed E-state index contributed by atoms with van der Waals surface area (Å²) in [5.41, 5.74) is 2.18. The zero-order valence-corrected chi connectivity index (χ0v) is 14.0. The summed E-state index contributed by atoms with van der Waals surface area (Å²) >= 11 is 0. The Hall–Kier alpha value is -2.21. The number of aromatic nitrogens is 3. The minimum Gasteiger partial charge on any atom is -0.350 e. The van der Waals surface area contributed by atoms with Gasteiger partial charge in [0.2, 0.25) is 5.91 Å². The molecule has 126 valence electrons. The first kappa shape index (κ1) is 15.3. The number of hydrogen-bond donors (Lipinski definition) is 1. The second kappa shape index (κ2) is 6.36. The lowest BCUT2D eigenvalue weighted by Gasteiger charge is -2.34. The Morgan fingerprint density at radius 1 is 1.29 bits per heavy atom. The van der Waals surface area contributed by atoms with Crippen molar-refractivity contribution in [3.05, 3.63) is 47.8 Å². The molecular formula is C18H23N5O. The van der Waals surface area contributed by atoms with Crippen LogP contribution < -0.4 is 5.32 Å². The molecule has 6 heteroatoms. The predicted molar refractivity (Wildman–Crippen MR) is 89.9 cm³/mol. The standard InChI is InChI=1S/C18H23N5O/c1-13-17-20-10-16(11-21-18(24)14-5-6-14)23(17)9-8-22(13)12-15-4-2-3-7-19-15/h2-4,7,10,13-14H,5-6,8-9,11-12H2,1H3,(H,21,24)/t13-/m0/s1. The largest absolute Gasteiger partial charge is 0.350 e. The number of hydrogen-bond acceptors (Lipinski definition) is 4. The van der Waals surface area contributed by atoms with Crippen molar-refractivity contribution in [2.75, 3.05) is 6.54 Å².